The molecule has 1 aliphatic heterocycles. The Kier molecular flexibility index (Phi) is 5.96. The number of nitrogens with one attached hydrogen (secondary N) is 1. The van der Waals surface area contributed by atoms with E-state index in [0.29, 0.717) is 41.4 Å². The zero-order chi connectivity index (χ0) is 21.1. The average molecular weight is 432 g/mol. The molecule has 1 saturated heterocycles. The highest BCUT2D eigenvalue weighted by Gasteiger charge is 2.19. The molecular formula is C21H19ClFN3O4. The van der Waals surface area contributed by atoms with E-state index in [0.717, 1.165) is 12.8 Å². The van der Waals surface area contributed by atoms with Gasteiger partial charge in [0.15, 0.2) is 11.5 Å². The quantitative estimate of drug-likeness (QED) is 0.449. The van der Waals surface area contributed by atoms with Crippen LogP contribution in [0.15, 0.2) is 36.7 Å². The van der Waals surface area contributed by atoms with E-state index in [1.807, 2.05) is 0 Å². The smallest absolute Gasteiger partial charge is 0.308 e. The molecule has 7 nitrogen and oxygen atoms in total. The summed E-state index contributed by atoms with van der Waals surface area (Å²) < 4.78 is 30.3. The molecule has 30 heavy (non-hydrogen) atoms. The minimum atomic E-state index is -0.509. The van der Waals surface area contributed by atoms with E-state index in [-0.39, 0.29) is 16.9 Å². The van der Waals surface area contributed by atoms with Crippen LogP contribution in [0.2, 0.25) is 5.02 Å². The maximum atomic E-state index is 13.5. The van der Waals surface area contributed by atoms with Crippen molar-refractivity contribution >= 4 is 40.0 Å². The zero-order valence-corrected chi connectivity index (χ0v) is 16.9. The fourth-order valence-electron chi connectivity index (χ4n) is 3.18. The first-order chi connectivity index (χ1) is 14.5. The number of hydrogen-bond acceptors (Lipinski definition) is 7. The van der Waals surface area contributed by atoms with Gasteiger partial charge in [0.2, 0.25) is 0 Å². The van der Waals surface area contributed by atoms with E-state index in [2.05, 4.69) is 15.3 Å². The Balaban J connectivity index is 1.69. The number of halogens is 2. The maximum absolute atomic E-state index is 13.5. The summed E-state index contributed by atoms with van der Waals surface area (Å²) in [4.78, 5) is 20.1. The summed E-state index contributed by atoms with van der Waals surface area (Å²) in [6.45, 7) is 2.37. The zero-order valence-electron chi connectivity index (χ0n) is 16.2. The molecule has 1 fully saturated rings. The highest BCUT2D eigenvalue weighted by atomic mass is 35.5. The van der Waals surface area contributed by atoms with E-state index in [9.17, 15) is 9.18 Å². The number of esters is 1. The Bertz CT molecular complexity index is 1090. The predicted octanol–water partition coefficient (Wildman–Crippen LogP) is 4.65. The fraction of sp³-hybridized carbons (Fsp3) is 0.286. The third-order valence-corrected chi connectivity index (χ3v) is 4.88. The lowest BCUT2D eigenvalue weighted by molar-refractivity contribution is -0.132. The number of fused-ring (bicyclic) bond motifs is 1. The molecule has 0 radical (unpaired) electrons. The van der Waals surface area contributed by atoms with Crippen molar-refractivity contribution in [1.29, 1.82) is 0 Å². The van der Waals surface area contributed by atoms with E-state index in [4.69, 9.17) is 25.8 Å². The van der Waals surface area contributed by atoms with Crippen molar-refractivity contribution in [3.63, 3.8) is 0 Å². The largest absolute Gasteiger partial charge is 0.487 e. The Morgan fingerprint density at radius 2 is 2.17 bits per heavy atom. The van der Waals surface area contributed by atoms with Crippen LogP contribution in [0.3, 0.4) is 0 Å². The van der Waals surface area contributed by atoms with E-state index < -0.39 is 11.8 Å². The van der Waals surface area contributed by atoms with Gasteiger partial charge in [-0.3, -0.25) is 4.79 Å². The van der Waals surface area contributed by atoms with Gasteiger partial charge in [0.1, 0.15) is 24.6 Å². The summed E-state index contributed by atoms with van der Waals surface area (Å²) in [5, 5.41) is 3.74. The van der Waals surface area contributed by atoms with Crippen LogP contribution in [0.4, 0.5) is 15.9 Å². The van der Waals surface area contributed by atoms with E-state index in [1.165, 1.54) is 25.4 Å². The highest BCUT2D eigenvalue weighted by molar-refractivity contribution is 6.31. The van der Waals surface area contributed by atoms with E-state index in [1.54, 1.807) is 18.2 Å². The highest BCUT2D eigenvalue weighted by Crippen LogP contribution is 2.36. The lowest BCUT2D eigenvalue weighted by atomic mass is 10.2. The van der Waals surface area contributed by atoms with Gasteiger partial charge in [-0.25, -0.2) is 14.4 Å². The van der Waals surface area contributed by atoms with Crippen molar-refractivity contribution in [3.05, 3.63) is 47.5 Å². The standard InChI is InChI=1S/C21H19ClFN3O4/c1-12(27)30-20-9-18-15(8-19(20)29-10-14-3-2-6-28-14)21(25-11-24-18)26-13-4-5-17(23)16(22)7-13/h4-5,7-9,11,14H,2-3,6,10H2,1H3,(H,24,25,26)/t14-/m0/s1. The molecule has 2 aromatic carbocycles. The lowest BCUT2D eigenvalue weighted by Gasteiger charge is -2.16. The van der Waals surface area contributed by atoms with Gasteiger partial charge in [0, 0.05) is 30.7 Å². The summed E-state index contributed by atoms with van der Waals surface area (Å²) in [6, 6.07) is 7.61. The van der Waals surface area contributed by atoms with E-state index >= 15 is 0 Å². The lowest BCUT2D eigenvalue weighted by Crippen LogP contribution is -2.17. The molecule has 0 amide bonds. The molecule has 1 aromatic heterocycles. The van der Waals surface area contributed by atoms with Crippen LogP contribution in [-0.4, -0.2) is 35.3 Å². The van der Waals surface area contributed by atoms with Gasteiger partial charge in [0.05, 0.1) is 16.6 Å². The Morgan fingerprint density at radius 1 is 1.30 bits per heavy atom. The Labute approximate surface area is 177 Å². The number of carbonyl (C=O) groups excluding carboxylic acids is 1. The number of aromatic nitrogens is 2. The van der Waals surface area contributed by atoms with Crippen LogP contribution in [-0.2, 0) is 9.53 Å². The van der Waals surface area contributed by atoms with Crippen LogP contribution in [0.5, 0.6) is 11.5 Å². The molecule has 4 rings (SSSR count). The topological polar surface area (TPSA) is 82.6 Å². The number of nitrogens with zero attached hydrogens (tertiary/aromatic N) is 2. The molecular weight excluding hydrogens is 413 g/mol. The Morgan fingerprint density at radius 3 is 2.90 bits per heavy atom. The van der Waals surface area contributed by atoms with Gasteiger partial charge in [-0.05, 0) is 37.1 Å². The normalized spacial score (nSPS) is 15.9. The average Bonchev–Trinajstić information content (AvgIpc) is 3.23. The van der Waals surface area contributed by atoms with Crippen LogP contribution in [0, 0.1) is 5.82 Å². The number of rotatable bonds is 6. The number of anilines is 2. The van der Waals surface area contributed by atoms with Crippen molar-refractivity contribution in [2.75, 3.05) is 18.5 Å². The van der Waals surface area contributed by atoms with Gasteiger partial charge < -0.3 is 19.5 Å². The van der Waals surface area contributed by atoms with Gasteiger partial charge in [-0.1, -0.05) is 11.6 Å². The molecule has 0 bridgehead atoms. The third-order valence-electron chi connectivity index (χ3n) is 4.59. The van der Waals surface area contributed by atoms with Crippen molar-refractivity contribution < 1.29 is 23.4 Å². The van der Waals surface area contributed by atoms with Crippen molar-refractivity contribution in [1.82, 2.24) is 9.97 Å². The van der Waals surface area contributed by atoms with Crippen LogP contribution >= 0.6 is 11.6 Å². The van der Waals surface area contributed by atoms with Crippen molar-refractivity contribution in [2.24, 2.45) is 0 Å². The molecule has 9 heteroatoms. The molecule has 1 atom stereocenters. The summed E-state index contributed by atoms with van der Waals surface area (Å²) in [5.74, 6) is 0.139. The molecule has 0 aliphatic carbocycles. The molecule has 156 valence electrons. The van der Waals surface area contributed by atoms with Crippen molar-refractivity contribution in [3.8, 4) is 11.5 Å². The SMILES string of the molecule is CC(=O)Oc1cc2ncnc(Nc3ccc(F)c(Cl)c3)c2cc1OC[C@@H]1CCCO1. The van der Waals surface area contributed by atoms with Crippen LogP contribution < -0.4 is 14.8 Å². The molecule has 0 spiro atoms. The first-order valence-electron chi connectivity index (χ1n) is 9.43. The molecule has 1 N–H and O–H groups in total. The van der Waals surface area contributed by atoms with Gasteiger partial charge in [-0.2, -0.15) is 0 Å². The third kappa shape index (κ3) is 4.60. The second-order valence-electron chi connectivity index (χ2n) is 6.83. The Hall–Kier alpha value is -2.97. The second kappa shape index (κ2) is 8.81. The number of carbonyl (C=O) groups is 1. The summed E-state index contributed by atoms with van der Waals surface area (Å²) in [7, 11) is 0. The first-order valence-corrected chi connectivity index (χ1v) is 9.81. The summed E-state index contributed by atoms with van der Waals surface area (Å²) in [6.07, 6.45) is 3.28. The number of hydrogen-bond donors (Lipinski definition) is 1. The first kappa shape index (κ1) is 20.3. The summed E-state index contributed by atoms with van der Waals surface area (Å²) >= 11 is 5.87. The van der Waals surface area contributed by atoms with Gasteiger partial charge in [0.25, 0.3) is 0 Å². The van der Waals surface area contributed by atoms with Crippen molar-refractivity contribution in [2.45, 2.75) is 25.9 Å². The number of benzene rings is 2. The maximum Gasteiger partial charge on any atom is 0.308 e. The van der Waals surface area contributed by atoms with Gasteiger partial charge in [-0.15, -0.1) is 0 Å². The van der Waals surface area contributed by atoms with Gasteiger partial charge >= 0.3 is 5.97 Å². The molecule has 0 unspecified atom stereocenters. The predicted molar refractivity (Wildman–Crippen MR) is 110 cm³/mol. The molecule has 0 saturated carbocycles. The fourth-order valence-corrected chi connectivity index (χ4v) is 3.36. The minimum absolute atomic E-state index is 0.00292. The van der Waals surface area contributed by atoms with Crippen LogP contribution in [0.1, 0.15) is 19.8 Å². The minimum Gasteiger partial charge on any atom is -0.487 e. The number of ether oxygens (including phenoxy) is 3. The van der Waals surface area contributed by atoms with Crippen LogP contribution in [0.25, 0.3) is 10.9 Å². The second-order valence-corrected chi connectivity index (χ2v) is 7.24. The monoisotopic (exact) mass is 431 g/mol. The molecule has 1 aliphatic rings. The molecule has 3 aromatic rings. The molecule has 2 heterocycles. The summed E-state index contributed by atoms with van der Waals surface area (Å²) in [5.41, 5.74) is 1.11.